The lowest BCUT2D eigenvalue weighted by Crippen LogP contribution is -2.45. The molecule has 1 fully saturated rings. The Morgan fingerprint density at radius 1 is 1.04 bits per heavy atom. The molecule has 1 N–H and O–H groups in total. The molecule has 0 unspecified atom stereocenters. The highest BCUT2D eigenvalue weighted by Crippen LogP contribution is 2.29. The van der Waals surface area contributed by atoms with Crippen molar-refractivity contribution in [3.8, 4) is 17.6 Å². The fraction of sp³-hybridized carbons (Fsp3) is 0.316. The van der Waals surface area contributed by atoms with Crippen LogP contribution in [0.1, 0.15) is 18.0 Å². The molecule has 23 heavy (non-hydrogen) atoms. The first-order valence-electron chi connectivity index (χ1n) is 8.01. The molecule has 0 aliphatic carbocycles. The van der Waals surface area contributed by atoms with Crippen molar-refractivity contribution in [2.75, 3.05) is 26.2 Å². The van der Waals surface area contributed by atoms with Crippen molar-refractivity contribution >= 4 is 0 Å². The van der Waals surface area contributed by atoms with Crippen LogP contribution in [0.3, 0.4) is 0 Å². The number of piperazine rings is 1. The summed E-state index contributed by atoms with van der Waals surface area (Å²) in [5.74, 6) is 1.63. The maximum absolute atomic E-state index is 9.21. The molecular formula is C19H21N3O. The number of para-hydroxylation sites is 1. The van der Waals surface area contributed by atoms with E-state index in [9.17, 15) is 5.26 Å². The Morgan fingerprint density at radius 3 is 2.52 bits per heavy atom. The first kappa shape index (κ1) is 15.5. The van der Waals surface area contributed by atoms with Crippen molar-refractivity contribution in [2.24, 2.45) is 0 Å². The fourth-order valence-electron chi connectivity index (χ4n) is 2.95. The van der Waals surface area contributed by atoms with Crippen LogP contribution in [0.2, 0.25) is 0 Å². The van der Waals surface area contributed by atoms with Gasteiger partial charge in [0, 0.05) is 32.2 Å². The van der Waals surface area contributed by atoms with Gasteiger partial charge < -0.3 is 10.1 Å². The number of ether oxygens (including phenoxy) is 1. The van der Waals surface area contributed by atoms with Gasteiger partial charge in [0.15, 0.2) is 0 Å². The second-order valence-electron chi connectivity index (χ2n) is 5.65. The Kier molecular flexibility index (Phi) is 5.25. The summed E-state index contributed by atoms with van der Waals surface area (Å²) >= 11 is 0. The Labute approximate surface area is 137 Å². The summed E-state index contributed by atoms with van der Waals surface area (Å²) < 4.78 is 5.92. The third kappa shape index (κ3) is 4.10. The molecule has 0 spiro atoms. The van der Waals surface area contributed by atoms with E-state index in [4.69, 9.17) is 4.74 Å². The van der Waals surface area contributed by atoms with Gasteiger partial charge in [-0.15, -0.1) is 0 Å². The number of hydrogen-bond donors (Lipinski definition) is 1. The van der Waals surface area contributed by atoms with Crippen molar-refractivity contribution in [2.45, 2.75) is 12.5 Å². The molecule has 0 saturated carbocycles. The zero-order valence-electron chi connectivity index (χ0n) is 13.1. The van der Waals surface area contributed by atoms with Crippen LogP contribution in [0.4, 0.5) is 0 Å². The smallest absolute Gasteiger partial charge is 0.127 e. The molecule has 4 heteroatoms. The maximum atomic E-state index is 9.21. The van der Waals surface area contributed by atoms with Crippen LogP contribution in [-0.2, 0) is 0 Å². The van der Waals surface area contributed by atoms with Gasteiger partial charge in [0.25, 0.3) is 0 Å². The molecule has 1 aliphatic rings. The zero-order valence-corrected chi connectivity index (χ0v) is 13.1. The molecule has 1 atom stereocenters. The van der Waals surface area contributed by atoms with Gasteiger partial charge in [-0.3, -0.25) is 4.90 Å². The Bertz CT molecular complexity index is 660. The molecular weight excluding hydrogens is 286 g/mol. The topological polar surface area (TPSA) is 48.3 Å². The van der Waals surface area contributed by atoms with E-state index in [2.05, 4.69) is 28.4 Å². The molecule has 1 heterocycles. The average Bonchev–Trinajstić information content (AvgIpc) is 2.61. The van der Waals surface area contributed by atoms with Crippen molar-refractivity contribution in [3.05, 3.63) is 60.2 Å². The van der Waals surface area contributed by atoms with E-state index in [0.29, 0.717) is 6.42 Å². The zero-order chi connectivity index (χ0) is 15.9. The quantitative estimate of drug-likeness (QED) is 0.920. The molecule has 118 valence electrons. The van der Waals surface area contributed by atoms with Crippen molar-refractivity contribution < 1.29 is 4.74 Å². The lowest BCUT2D eigenvalue weighted by molar-refractivity contribution is 0.175. The van der Waals surface area contributed by atoms with Gasteiger partial charge in [0.05, 0.1) is 12.5 Å². The van der Waals surface area contributed by atoms with Crippen LogP contribution in [0.5, 0.6) is 11.5 Å². The van der Waals surface area contributed by atoms with Gasteiger partial charge in [-0.1, -0.05) is 30.3 Å². The molecule has 0 bridgehead atoms. The highest BCUT2D eigenvalue weighted by Gasteiger charge is 2.22. The molecule has 0 radical (unpaired) electrons. The minimum Gasteiger partial charge on any atom is -0.457 e. The summed E-state index contributed by atoms with van der Waals surface area (Å²) in [6, 6.07) is 20.3. The Morgan fingerprint density at radius 2 is 1.78 bits per heavy atom. The fourth-order valence-corrected chi connectivity index (χ4v) is 2.95. The summed E-state index contributed by atoms with van der Waals surface area (Å²) in [5.41, 5.74) is 1.14. The van der Waals surface area contributed by atoms with E-state index in [1.165, 1.54) is 0 Å². The largest absolute Gasteiger partial charge is 0.457 e. The molecule has 3 rings (SSSR count). The molecule has 2 aromatic carbocycles. The minimum atomic E-state index is 0.126. The highest BCUT2D eigenvalue weighted by molar-refractivity contribution is 5.35. The highest BCUT2D eigenvalue weighted by atomic mass is 16.5. The number of nitriles is 1. The van der Waals surface area contributed by atoms with Gasteiger partial charge in [-0.05, 0) is 29.8 Å². The maximum Gasteiger partial charge on any atom is 0.127 e. The van der Waals surface area contributed by atoms with Crippen LogP contribution in [-0.4, -0.2) is 31.1 Å². The molecule has 1 saturated heterocycles. The number of nitrogens with one attached hydrogen (secondary N) is 1. The van der Waals surface area contributed by atoms with Crippen LogP contribution in [0.15, 0.2) is 54.6 Å². The van der Waals surface area contributed by atoms with E-state index in [1.54, 1.807) is 0 Å². The standard InChI is InChI=1S/C19H21N3O/c20-10-9-19(22-13-11-21-12-14-22)16-5-4-8-18(15-16)23-17-6-2-1-3-7-17/h1-8,15,19,21H,9,11-14H2/t19-/m1/s1. The van der Waals surface area contributed by atoms with E-state index in [1.807, 2.05) is 42.5 Å². The van der Waals surface area contributed by atoms with E-state index in [0.717, 1.165) is 43.2 Å². The lowest BCUT2D eigenvalue weighted by Gasteiger charge is -2.34. The summed E-state index contributed by atoms with van der Waals surface area (Å²) in [5, 5.41) is 12.6. The third-order valence-electron chi connectivity index (χ3n) is 4.10. The summed E-state index contributed by atoms with van der Waals surface area (Å²) in [7, 11) is 0. The van der Waals surface area contributed by atoms with Crippen molar-refractivity contribution in [1.82, 2.24) is 10.2 Å². The second kappa shape index (κ2) is 7.77. The SMILES string of the molecule is N#CC[C@H](c1cccc(Oc2ccccc2)c1)N1CCNCC1. The molecule has 0 aromatic heterocycles. The lowest BCUT2D eigenvalue weighted by atomic mass is 10.0. The number of benzene rings is 2. The molecule has 2 aromatic rings. The number of hydrogen-bond acceptors (Lipinski definition) is 4. The molecule has 1 aliphatic heterocycles. The monoisotopic (exact) mass is 307 g/mol. The summed E-state index contributed by atoms with van der Waals surface area (Å²) in [4.78, 5) is 2.38. The average molecular weight is 307 g/mol. The predicted molar refractivity (Wildman–Crippen MR) is 90.4 cm³/mol. The Hall–Kier alpha value is -2.35. The predicted octanol–water partition coefficient (Wildman–Crippen LogP) is 3.34. The third-order valence-corrected chi connectivity index (χ3v) is 4.10. The first-order valence-corrected chi connectivity index (χ1v) is 8.01. The Balaban J connectivity index is 1.80. The molecule has 0 amide bonds. The van der Waals surface area contributed by atoms with Gasteiger partial charge >= 0.3 is 0 Å². The van der Waals surface area contributed by atoms with Gasteiger partial charge in [-0.25, -0.2) is 0 Å². The van der Waals surface area contributed by atoms with Gasteiger partial charge in [0.2, 0.25) is 0 Å². The van der Waals surface area contributed by atoms with Gasteiger partial charge in [-0.2, -0.15) is 5.26 Å². The normalized spacial score (nSPS) is 16.5. The summed E-state index contributed by atoms with van der Waals surface area (Å²) in [6.07, 6.45) is 0.495. The second-order valence-corrected chi connectivity index (χ2v) is 5.65. The van der Waals surface area contributed by atoms with E-state index < -0.39 is 0 Å². The summed E-state index contributed by atoms with van der Waals surface area (Å²) in [6.45, 7) is 3.89. The van der Waals surface area contributed by atoms with Crippen molar-refractivity contribution in [1.29, 1.82) is 5.26 Å². The van der Waals surface area contributed by atoms with Gasteiger partial charge in [0.1, 0.15) is 11.5 Å². The minimum absolute atomic E-state index is 0.126. The number of nitrogens with zero attached hydrogens (tertiary/aromatic N) is 2. The van der Waals surface area contributed by atoms with Crippen LogP contribution in [0.25, 0.3) is 0 Å². The van der Waals surface area contributed by atoms with E-state index >= 15 is 0 Å². The van der Waals surface area contributed by atoms with E-state index in [-0.39, 0.29) is 6.04 Å². The molecule has 4 nitrogen and oxygen atoms in total. The van der Waals surface area contributed by atoms with Crippen LogP contribution < -0.4 is 10.1 Å². The van der Waals surface area contributed by atoms with Crippen LogP contribution in [0, 0.1) is 11.3 Å². The number of rotatable bonds is 5. The van der Waals surface area contributed by atoms with Crippen LogP contribution >= 0.6 is 0 Å². The van der Waals surface area contributed by atoms with Crippen molar-refractivity contribution in [3.63, 3.8) is 0 Å². The first-order chi connectivity index (χ1) is 11.4.